The Kier molecular flexibility index (Phi) is 3.28. The van der Waals surface area contributed by atoms with E-state index in [0.29, 0.717) is 0 Å². The molecule has 0 nitrogen and oxygen atoms in total. The van der Waals surface area contributed by atoms with Gasteiger partial charge in [0.1, 0.15) is 0 Å². The van der Waals surface area contributed by atoms with Gasteiger partial charge in [-0.2, -0.15) is 0 Å². The second-order valence-electron chi connectivity index (χ2n) is 6.38. The van der Waals surface area contributed by atoms with Crippen molar-refractivity contribution in [2.75, 3.05) is 0 Å². The van der Waals surface area contributed by atoms with Gasteiger partial charge in [0, 0.05) is 0 Å². The molecular formula is C25H16. The Morgan fingerprint density at radius 3 is 1.28 bits per heavy atom. The first-order valence-electron chi connectivity index (χ1n) is 8.55. The van der Waals surface area contributed by atoms with Crippen LogP contribution in [0.1, 0.15) is 11.1 Å². The molecule has 2 radical (unpaired) electrons. The molecule has 0 fully saturated rings. The molecule has 0 heteroatoms. The summed E-state index contributed by atoms with van der Waals surface area (Å²) in [7, 11) is 0. The molecule has 5 rings (SSSR count). The molecule has 0 saturated heterocycles. The topological polar surface area (TPSA) is 0 Å². The lowest BCUT2D eigenvalue weighted by Crippen LogP contribution is -1.82. The summed E-state index contributed by atoms with van der Waals surface area (Å²) in [5, 5.41) is 0. The van der Waals surface area contributed by atoms with Crippen LogP contribution in [0.5, 0.6) is 0 Å². The summed E-state index contributed by atoms with van der Waals surface area (Å²) in [6.45, 7) is 0. The molecule has 1 aliphatic carbocycles. The van der Waals surface area contributed by atoms with Crippen molar-refractivity contribution in [1.82, 2.24) is 0 Å². The molecule has 0 aliphatic heterocycles. The largest absolute Gasteiger partial charge is 0.0622 e. The highest BCUT2D eigenvalue weighted by molar-refractivity contribution is 5.86. The highest BCUT2D eigenvalue weighted by Crippen LogP contribution is 2.41. The molecule has 4 aromatic rings. The van der Waals surface area contributed by atoms with E-state index in [1.165, 1.54) is 44.5 Å². The smallest absolute Gasteiger partial charge is 0.0515 e. The molecule has 0 saturated carbocycles. The summed E-state index contributed by atoms with van der Waals surface area (Å²) >= 11 is 0. The Labute approximate surface area is 148 Å². The first kappa shape index (κ1) is 14.2. The van der Waals surface area contributed by atoms with Crippen LogP contribution < -0.4 is 0 Å². The minimum Gasteiger partial charge on any atom is -0.0622 e. The zero-order chi connectivity index (χ0) is 16.6. The van der Waals surface area contributed by atoms with E-state index >= 15 is 0 Å². The zero-order valence-corrected chi connectivity index (χ0v) is 13.7. The summed E-state index contributed by atoms with van der Waals surface area (Å²) in [6, 6.07) is 34.4. The Hall–Kier alpha value is -3.12. The fourth-order valence-electron chi connectivity index (χ4n) is 3.53. The maximum absolute atomic E-state index is 3.60. The summed E-state index contributed by atoms with van der Waals surface area (Å²) in [4.78, 5) is 0. The molecule has 4 aromatic carbocycles. The van der Waals surface area contributed by atoms with Crippen molar-refractivity contribution in [1.29, 1.82) is 0 Å². The third kappa shape index (κ3) is 2.47. The van der Waals surface area contributed by atoms with Gasteiger partial charge in [-0.05, 0) is 56.6 Å². The number of benzene rings is 4. The van der Waals surface area contributed by atoms with Crippen LogP contribution in [0.2, 0.25) is 0 Å². The quantitative estimate of drug-likeness (QED) is 0.350. The van der Waals surface area contributed by atoms with Crippen molar-refractivity contribution >= 4 is 0 Å². The van der Waals surface area contributed by atoms with Crippen LogP contribution in [0.25, 0.3) is 33.4 Å². The van der Waals surface area contributed by atoms with Crippen LogP contribution in [0.3, 0.4) is 0 Å². The fraction of sp³-hybridized carbons (Fsp3) is 0. The van der Waals surface area contributed by atoms with E-state index in [9.17, 15) is 0 Å². The predicted molar refractivity (Wildman–Crippen MR) is 104 cm³/mol. The molecule has 116 valence electrons. The molecule has 0 heterocycles. The van der Waals surface area contributed by atoms with Crippen molar-refractivity contribution in [2.24, 2.45) is 0 Å². The van der Waals surface area contributed by atoms with Crippen LogP contribution in [0.4, 0.5) is 0 Å². The van der Waals surface area contributed by atoms with E-state index in [1.54, 1.807) is 0 Å². The summed E-state index contributed by atoms with van der Waals surface area (Å²) in [6.07, 6.45) is 3.60. The van der Waals surface area contributed by atoms with Gasteiger partial charge in [0.2, 0.25) is 0 Å². The highest BCUT2D eigenvalue weighted by atomic mass is 14.2. The molecule has 0 spiro atoms. The first-order valence-corrected chi connectivity index (χ1v) is 8.55. The maximum atomic E-state index is 3.60. The molecule has 0 amide bonds. The monoisotopic (exact) mass is 316 g/mol. The van der Waals surface area contributed by atoms with Crippen LogP contribution in [0.15, 0.2) is 97.1 Å². The minimum atomic E-state index is 1.18. The number of hydrogen-bond donors (Lipinski definition) is 0. The Morgan fingerprint density at radius 2 is 0.840 bits per heavy atom. The van der Waals surface area contributed by atoms with E-state index in [4.69, 9.17) is 0 Å². The van der Waals surface area contributed by atoms with Gasteiger partial charge < -0.3 is 0 Å². The number of hydrogen-bond acceptors (Lipinski definition) is 0. The van der Waals surface area contributed by atoms with E-state index < -0.39 is 0 Å². The Bertz CT molecular complexity index is 957. The van der Waals surface area contributed by atoms with Crippen molar-refractivity contribution in [3.63, 3.8) is 0 Å². The maximum Gasteiger partial charge on any atom is 0.0515 e. The molecule has 1 aliphatic rings. The van der Waals surface area contributed by atoms with Crippen molar-refractivity contribution < 1.29 is 0 Å². The van der Waals surface area contributed by atoms with E-state index in [-0.39, 0.29) is 0 Å². The summed E-state index contributed by atoms with van der Waals surface area (Å²) in [5.41, 5.74) is 9.87. The van der Waals surface area contributed by atoms with Gasteiger partial charge in [0.15, 0.2) is 0 Å². The van der Waals surface area contributed by atoms with Crippen molar-refractivity contribution in [2.45, 2.75) is 0 Å². The summed E-state index contributed by atoms with van der Waals surface area (Å²) < 4.78 is 0. The van der Waals surface area contributed by atoms with Gasteiger partial charge >= 0.3 is 0 Å². The van der Waals surface area contributed by atoms with Crippen molar-refractivity contribution in [3.8, 4) is 33.4 Å². The average molecular weight is 316 g/mol. The van der Waals surface area contributed by atoms with E-state index in [1.807, 2.05) is 0 Å². The molecule has 25 heavy (non-hydrogen) atoms. The van der Waals surface area contributed by atoms with Crippen LogP contribution in [-0.2, 0) is 0 Å². The molecular weight excluding hydrogens is 300 g/mol. The van der Waals surface area contributed by atoms with Crippen LogP contribution in [0, 0.1) is 6.42 Å². The average Bonchev–Trinajstić information content (AvgIpc) is 3.06. The van der Waals surface area contributed by atoms with Gasteiger partial charge in [-0.15, -0.1) is 0 Å². The lowest BCUT2D eigenvalue weighted by molar-refractivity contribution is 1.52. The lowest BCUT2D eigenvalue weighted by Gasteiger charge is -2.06. The van der Waals surface area contributed by atoms with Gasteiger partial charge in [0.25, 0.3) is 0 Å². The van der Waals surface area contributed by atoms with Crippen LogP contribution >= 0.6 is 0 Å². The Morgan fingerprint density at radius 1 is 0.400 bits per heavy atom. The zero-order valence-electron chi connectivity index (χ0n) is 13.7. The van der Waals surface area contributed by atoms with Gasteiger partial charge in [-0.1, -0.05) is 84.9 Å². The Balaban J connectivity index is 1.55. The van der Waals surface area contributed by atoms with E-state index in [0.717, 1.165) is 0 Å². The third-order valence-electron chi connectivity index (χ3n) is 4.81. The van der Waals surface area contributed by atoms with Gasteiger partial charge in [-0.3, -0.25) is 0 Å². The molecule has 0 aromatic heterocycles. The normalized spacial score (nSPS) is 11.8. The third-order valence-corrected chi connectivity index (χ3v) is 4.81. The number of rotatable bonds is 2. The minimum absolute atomic E-state index is 1.18. The second kappa shape index (κ2) is 5.75. The second-order valence-corrected chi connectivity index (χ2v) is 6.38. The fourth-order valence-corrected chi connectivity index (χ4v) is 3.53. The number of fused-ring (bicyclic) bond motifs is 3. The van der Waals surface area contributed by atoms with Gasteiger partial charge in [-0.25, -0.2) is 0 Å². The van der Waals surface area contributed by atoms with E-state index in [2.05, 4.69) is 103 Å². The van der Waals surface area contributed by atoms with Gasteiger partial charge in [0.05, 0.1) is 6.42 Å². The molecule has 0 atom stereocenters. The highest BCUT2D eigenvalue weighted by Gasteiger charge is 2.20. The predicted octanol–water partition coefficient (Wildman–Crippen LogP) is 6.48. The summed E-state index contributed by atoms with van der Waals surface area (Å²) in [5.74, 6) is 0. The van der Waals surface area contributed by atoms with Crippen molar-refractivity contribution in [3.05, 3.63) is 115 Å². The van der Waals surface area contributed by atoms with Crippen LogP contribution in [-0.4, -0.2) is 0 Å². The SMILES string of the molecule is [C]1c2cc(-c3ccccc3)ccc2-c2ccc(-c3ccccc3)cc21. The molecule has 0 unspecified atom stereocenters. The standard InChI is InChI=1S/C25H16/c1-3-7-18(8-4-1)20-11-13-24-22(15-20)17-23-16-21(12-14-25(23)24)19-9-5-2-6-10-19/h1-16H. The molecule has 0 bridgehead atoms. The first-order chi connectivity index (χ1) is 12.4. The molecule has 0 N–H and O–H groups in total. The lowest BCUT2D eigenvalue weighted by atomic mass is 9.98.